The van der Waals surface area contributed by atoms with Crippen molar-refractivity contribution >= 4 is 34.1 Å². The summed E-state index contributed by atoms with van der Waals surface area (Å²) < 4.78 is 10.8. The van der Waals surface area contributed by atoms with Gasteiger partial charge < -0.3 is 19.8 Å². The van der Waals surface area contributed by atoms with E-state index >= 15 is 0 Å². The van der Waals surface area contributed by atoms with Crippen LogP contribution in [0.15, 0.2) is 71.7 Å². The number of amides is 1. The molecule has 0 radical (unpaired) electrons. The van der Waals surface area contributed by atoms with Gasteiger partial charge in [-0.1, -0.05) is 30.3 Å². The Balaban J connectivity index is 0.000000183. The topological polar surface area (TPSA) is 102 Å². The van der Waals surface area contributed by atoms with E-state index in [0.29, 0.717) is 17.5 Å². The molecule has 1 aromatic carbocycles. The van der Waals surface area contributed by atoms with Gasteiger partial charge in [0.25, 0.3) is 0 Å². The van der Waals surface area contributed by atoms with Crippen LogP contribution in [0.4, 0.5) is 11.6 Å². The van der Waals surface area contributed by atoms with Crippen molar-refractivity contribution in [2.24, 2.45) is 5.92 Å². The smallest absolute Gasteiger partial charge is 0.228 e. The summed E-state index contributed by atoms with van der Waals surface area (Å²) in [5.74, 6) is 2.90. The highest BCUT2D eigenvalue weighted by Crippen LogP contribution is 2.33. The van der Waals surface area contributed by atoms with E-state index in [-0.39, 0.29) is 11.8 Å². The number of anilines is 2. The molecule has 1 aliphatic heterocycles. The van der Waals surface area contributed by atoms with E-state index in [9.17, 15) is 4.79 Å². The van der Waals surface area contributed by atoms with Crippen molar-refractivity contribution in [3.63, 3.8) is 0 Å². The molecule has 1 fully saturated rings. The van der Waals surface area contributed by atoms with Gasteiger partial charge in [-0.2, -0.15) is 0 Å². The molecule has 1 saturated carbocycles. The van der Waals surface area contributed by atoms with Gasteiger partial charge in [0.15, 0.2) is 0 Å². The van der Waals surface area contributed by atoms with E-state index in [4.69, 9.17) is 9.15 Å². The maximum absolute atomic E-state index is 11.9. The zero-order valence-electron chi connectivity index (χ0n) is 18.8. The van der Waals surface area contributed by atoms with Crippen molar-refractivity contribution in [3.05, 3.63) is 72.9 Å². The second kappa shape index (κ2) is 9.74. The lowest BCUT2D eigenvalue weighted by Gasteiger charge is -2.10. The molecule has 0 bridgehead atoms. The molecule has 3 aromatic heterocycles. The number of nitrogens with one attached hydrogen (secondary N) is 2. The molecule has 8 nitrogen and oxygen atoms in total. The Labute approximate surface area is 197 Å². The second-order valence-electron chi connectivity index (χ2n) is 8.06. The summed E-state index contributed by atoms with van der Waals surface area (Å²) in [4.78, 5) is 24.8. The quantitative estimate of drug-likeness (QED) is 0.430. The summed E-state index contributed by atoms with van der Waals surface area (Å²) in [6.45, 7) is 0.838. The number of carbonyl (C=O) groups is 1. The number of carbonyl (C=O) groups excluding carboxylic acids is 1. The number of nitrogens with zero attached hydrogens (tertiary/aromatic N) is 3. The Bertz CT molecular complexity index is 1320. The predicted molar refractivity (Wildman–Crippen MR) is 131 cm³/mol. The number of pyridine rings is 2. The van der Waals surface area contributed by atoms with Crippen molar-refractivity contribution in [3.8, 4) is 11.5 Å². The molecule has 1 amide bonds. The van der Waals surface area contributed by atoms with Gasteiger partial charge in [-0.3, -0.25) is 4.79 Å². The summed E-state index contributed by atoms with van der Waals surface area (Å²) in [6.07, 6.45) is 11.6. The summed E-state index contributed by atoms with van der Waals surface area (Å²) in [7, 11) is 1.80. The molecule has 1 aliphatic carbocycles. The number of benzene rings is 1. The van der Waals surface area contributed by atoms with Crippen LogP contribution in [0.25, 0.3) is 28.0 Å². The minimum Gasteiger partial charge on any atom is -0.493 e. The minimum absolute atomic E-state index is 0.0254. The Morgan fingerprint density at radius 3 is 2.59 bits per heavy atom. The van der Waals surface area contributed by atoms with E-state index in [1.807, 2.05) is 24.3 Å². The molecule has 8 heteroatoms. The van der Waals surface area contributed by atoms with E-state index in [0.717, 1.165) is 48.0 Å². The normalized spacial score (nSPS) is 14.6. The fourth-order valence-electron chi connectivity index (χ4n) is 3.72. The summed E-state index contributed by atoms with van der Waals surface area (Å²) in [5, 5.41) is 7.61. The molecule has 0 spiro atoms. The first kappa shape index (κ1) is 21.6. The molecule has 34 heavy (non-hydrogen) atoms. The molecular formula is C26H25N5O3. The zero-order chi connectivity index (χ0) is 23.3. The SMILES string of the molecule is C1=C(c2ccccc2)OCC1.CNc1ncc(-c2ncco2)c2cc(NC(=O)C3CC3)ncc12. The third-order valence-corrected chi connectivity index (χ3v) is 5.63. The Morgan fingerprint density at radius 2 is 1.91 bits per heavy atom. The zero-order valence-corrected chi connectivity index (χ0v) is 18.8. The third kappa shape index (κ3) is 4.76. The van der Waals surface area contributed by atoms with Gasteiger partial charge in [0.1, 0.15) is 23.7 Å². The van der Waals surface area contributed by atoms with Crippen LogP contribution in [0.1, 0.15) is 24.8 Å². The molecule has 4 aromatic rings. The Morgan fingerprint density at radius 1 is 1.06 bits per heavy atom. The maximum Gasteiger partial charge on any atom is 0.228 e. The van der Waals surface area contributed by atoms with E-state index in [1.165, 1.54) is 11.8 Å². The first-order valence-electron chi connectivity index (χ1n) is 11.3. The highest BCUT2D eigenvalue weighted by molar-refractivity contribution is 6.02. The van der Waals surface area contributed by atoms with Crippen LogP contribution < -0.4 is 10.6 Å². The van der Waals surface area contributed by atoms with Gasteiger partial charge in [0, 0.05) is 48.1 Å². The van der Waals surface area contributed by atoms with Crippen LogP contribution >= 0.6 is 0 Å². The van der Waals surface area contributed by atoms with Crippen molar-refractivity contribution in [2.45, 2.75) is 19.3 Å². The van der Waals surface area contributed by atoms with Gasteiger partial charge in [-0.25, -0.2) is 15.0 Å². The second-order valence-corrected chi connectivity index (χ2v) is 8.06. The Kier molecular flexibility index (Phi) is 6.20. The van der Waals surface area contributed by atoms with E-state index < -0.39 is 0 Å². The molecule has 4 heterocycles. The van der Waals surface area contributed by atoms with Crippen LogP contribution in [0.3, 0.4) is 0 Å². The van der Waals surface area contributed by atoms with Gasteiger partial charge in [0.2, 0.25) is 11.8 Å². The van der Waals surface area contributed by atoms with Gasteiger partial charge in [-0.05, 0) is 25.0 Å². The third-order valence-electron chi connectivity index (χ3n) is 5.63. The monoisotopic (exact) mass is 455 g/mol. The number of oxazole rings is 1. The molecular weight excluding hydrogens is 430 g/mol. The molecule has 2 aliphatic rings. The molecule has 2 N–H and O–H groups in total. The average Bonchev–Trinajstić information content (AvgIpc) is 3.33. The lowest BCUT2D eigenvalue weighted by atomic mass is 10.1. The first-order valence-corrected chi connectivity index (χ1v) is 11.3. The number of rotatable bonds is 5. The molecule has 0 unspecified atom stereocenters. The van der Waals surface area contributed by atoms with Crippen molar-refractivity contribution in [1.29, 1.82) is 0 Å². The molecule has 6 rings (SSSR count). The van der Waals surface area contributed by atoms with E-state index in [1.54, 1.807) is 25.6 Å². The highest BCUT2D eigenvalue weighted by Gasteiger charge is 2.29. The Hall–Kier alpha value is -4.20. The number of fused-ring (bicyclic) bond motifs is 1. The van der Waals surface area contributed by atoms with E-state index in [2.05, 4.69) is 43.8 Å². The van der Waals surface area contributed by atoms with Crippen LogP contribution in [-0.4, -0.2) is 34.5 Å². The average molecular weight is 456 g/mol. The largest absolute Gasteiger partial charge is 0.493 e. The lowest BCUT2D eigenvalue weighted by molar-refractivity contribution is -0.117. The van der Waals surface area contributed by atoms with Crippen molar-refractivity contribution in [2.75, 3.05) is 24.3 Å². The van der Waals surface area contributed by atoms with Gasteiger partial charge >= 0.3 is 0 Å². The summed E-state index contributed by atoms with van der Waals surface area (Å²) >= 11 is 0. The van der Waals surface area contributed by atoms with Crippen molar-refractivity contribution < 1.29 is 13.9 Å². The van der Waals surface area contributed by atoms with Crippen molar-refractivity contribution in [1.82, 2.24) is 15.0 Å². The number of aromatic nitrogens is 3. The minimum atomic E-state index is 0.0254. The molecule has 0 atom stereocenters. The fraction of sp³-hybridized carbons (Fsp3) is 0.231. The fourth-order valence-corrected chi connectivity index (χ4v) is 3.72. The number of ether oxygens (including phenoxy) is 1. The predicted octanol–water partition coefficient (Wildman–Crippen LogP) is 5.12. The summed E-state index contributed by atoms with van der Waals surface area (Å²) in [6, 6.07) is 12.0. The van der Waals surface area contributed by atoms with Gasteiger partial charge in [0.05, 0.1) is 18.4 Å². The van der Waals surface area contributed by atoms with Crippen LogP contribution in [0.2, 0.25) is 0 Å². The summed E-state index contributed by atoms with van der Waals surface area (Å²) in [5.41, 5.74) is 1.94. The molecule has 0 saturated heterocycles. The standard InChI is InChI=1S/C16H15N5O2.C10H10O/c1-17-14-11-7-19-13(21-15(22)9-2-3-9)6-10(11)12(8-20-14)16-18-4-5-23-16;1-2-5-9(6-3-1)10-7-4-8-11-10/h4-9H,2-3H2,1H3,(H,17,20)(H,19,21,22);1-3,5-7H,4,8H2. The number of hydrogen-bond donors (Lipinski definition) is 2. The number of hydrogen-bond acceptors (Lipinski definition) is 7. The van der Waals surface area contributed by atoms with Gasteiger partial charge in [-0.15, -0.1) is 0 Å². The molecule has 172 valence electrons. The first-order chi connectivity index (χ1) is 16.7. The maximum atomic E-state index is 11.9. The van der Waals surface area contributed by atoms with Crippen LogP contribution in [0.5, 0.6) is 0 Å². The van der Waals surface area contributed by atoms with Crippen LogP contribution in [-0.2, 0) is 9.53 Å². The highest BCUT2D eigenvalue weighted by atomic mass is 16.5. The van der Waals surface area contributed by atoms with Crippen LogP contribution in [0, 0.1) is 5.92 Å². The lowest BCUT2D eigenvalue weighted by Crippen LogP contribution is -2.14.